The molecule has 0 aromatic heterocycles. The lowest BCUT2D eigenvalue weighted by Gasteiger charge is -2.46. The largest absolute Gasteiger partial charge is 0.477 e. The van der Waals surface area contributed by atoms with Gasteiger partial charge in [0.15, 0.2) is 0 Å². The van der Waals surface area contributed by atoms with Crippen molar-refractivity contribution >= 4 is 29.6 Å². The lowest BCUT2D eigenvalue weighted by atomic mass is 9.79. The number of carbonyl (C=O) groups is 3. The standard InChI is InChI=1S/C16H22N2O6S/c1-6-11-10(7(2)19)14(20)18(11)12(15(21)22)13(6)25-8-4-9(17-5-8)16(23)24-3/h6-11,17,19H,4-5H2,1-3H3,(H,21,22)/t6?,7?,8?,9?,10?,11-/m0/s1. The van der Waals surface area contributed by atoms with Crippen LogP contribution in [-0.4, -0.2) is 70.1 Å². The molecule has 3 heterocycles. The highest BCUT2D eigenvalue weighted by molar-refractivity contribution is 8.03. The number of fused-ring (bicyclic) bond motifs is 1. The molecule has 9 heteroatoms. The first-order valence-electron chi connectivity index (χ1n) is 8.24. The number of nitrogens with zero attached hydrogens (tertiary/aromatic N) is 1. The van der Waals surface area contributed by atoms with Crippen LogP contribution < -0.4 is 5.32 Å². The number of amides is 1. The molecule has 3 rings (SSSR count). The van der Waals surface area contributed by atoms with E-state index in [1.54, 1.807) is 6.92 Å². The van der Waals surface area contributed by atoms with Gasteiger partial charge in [0.1, 0.15) is 11.7 Å². The number of aliphatic hydroxyl groups is 1. The molecule has 3 aliphatic heterocycles. The van der Waals surface area contributed by atoms with Crippen molar-refractivity contribution in [3.63, 3.8) is 0 Å². The summed E-state index contributed by atoms with van der Waals surface area (Å²) in [6.45, 7) is 4.00. The Morgan fingerprint density at radius 3 is 2.68 bits per heavy atom. The predicted octanol–water partition coefficient (Wildman–Crippen LogP) is -0.223. The van der Waals surface area contributed by atoms with Gasteiger partial charge in [0.25, 0.3) is 0 Å². The maximum Gasteiger partial charge on any atom is 0.353 e. The van der Waals surface area contributed by atoms with Gasteiger partial charge < -0.3 is 25.2 Å². The Bertz CT molecular complexity index is 649. The van der Waals surface area contributed by atoms with Gasteiger partial charge in [-0.05, 0) is 13.3 Å². The van der Waals surface area contributed by atoms with Gasteiger partial charge in [-0.3, -0.25) is 9.59 Å². The van der Waals surface area contributed by atoms with Crippen molar-refractivity contribution in [1.82, 2.24) is 10.2 Å². The van der Waals surface area contributed by atoms with Crippen LogP contribution in [0.5, 0.6) is 0 Å². The zero-order valence-corrected chi connectivity index (χ0v) is 15.1. The first-order chi connectivity index (χ1) is 11.8. The van der Waals surface area contributed by atoms with Crippen molar-refractivity contribution in [3.05, 3.63) is 10.6 Å². The molecule has 25 heavy (non-hydrogen) atoms. The fraction of sp³-hybridized carbons (Fsp3) is 0.688. The minimum absolute atomic E-state index is 0.0194. The van der Waals surface area contributed by atoms with E-state index < -0.39 is 24.0 Å². The minimum Gasteiger partial charge on any atom is -0.477 e. The number of aliphatic carboxylic acids is 1. The average Bonchev–Trinajstić information content (AvgIpc) is 3.10. The fourth-order valence-electron chi connectivity index (χ4n) is 3.97. The Balaban J connectivity index is 1.80. The van der Waals surface area contributed by atoms with Gasteiger partial charge in [0.2, 0.25) is 5.91 Å². The molecule has 0 aromatic carbocycles. The number of hydrogen-bond acceptors (Lipinski definition) is 7. The van der Waals surface area contributed by atoms with Gasteiger partial charge in [0, 0.05) is 22.6 Å². The lowest BCUT2D eigenvalue weighted by molar-refractivity contribution is -0.163. The Morgan fingerprint density at radius 2 is 2.12 bits per heavy atom. The smallest absolute Gasteiger partial charge is 0.353 e. The van der Waals surface area contributed by atoms with Gasteiger partial charge in [-0.25, -0.2) is 4.79 Å². The van der Waals surface area contributed by atoms with Crippen molar-refractivity contribution < 1.29 is 29.3 Å². The third-order valence-electron chi connectivity index (χ3n) is 5.18. The van der Waals surface area contributed by atoms with E-state index in [1.165, 1.54) is 23.8 Å². The van der Waals surface area contributed by atoms with Gasteiger partial charge >= 0.3 is 11.9 Å². The third kappa shape index (κ3) is 2.84. The van der Waals surface area contributed by atoms with Gasteiger partial charge in [0.05, 0.1) is 25.2 Å². The Morgan fingerprint density at radius 1 is 1.44 bits per heavy atom. The number of rotatable bonds is 5. The van der Waals surface area contributed by atoms with Crippen molar-refractivity contribution in [2.45, 2.75) is 43.7 Å². The molecule has 0 aliphatic carbocycles. The van der Waals surface area contributed by atoms with Crippen LogP contribution in [0.4, 0.5) is 0 Å². The summed E-state index contributed by atoms with van der Waals surface area (Å²) < 4.78 is 4.73. The quantitative estimate of drug-likeness (QED) is 0.449. The molecular weight excluding hydrogens is 348 g/mol. The summed E-state index contributed by atoms with van der Waals surface area (Å²) in [7, 11) is 1.33. The van der Waals surface area contributed by atoms with Crippen LogP contribution in [0.2, 0.25) is 0 Å². The van der Waals surface area contributed by atoms with Crippen molar-refractivity contribution in [1.29, 1.82) is 0 Å². The molecule has 3 N–H and O–H groups in total. The number of nitrogens with one attached hydrogen (secondary N) is 1. The first-order valence-corrected chi connectivity index (χ1v) is 9.12. The third-order valence-corrected chi connectivity index (χ3v) is 6.69. The number of carbonyl (C=O) groups excluding carboxylic acids is 2. The number of β-lactam (4-membered cyclic amide) rings is 1. The summed E-state index contributed by atoms with van der Waals surface area (Å²) in [5.41, 5.74) is 0.0194. The van der Waals surface area contributed by atoms with Gasteiger partial charge in [-0.15, -0.1) is 11.8 Å². The second-order valence-corrected chi connectivity index (χ2v) is 8.07. The molecule has 138 valence electrons. The molecule has 0 bridgehead atoms. The number of carboxylic acids is 1. The SMILES string of the molecule is COC(=O)C1CC(SC2=C(C(=O)O)N3C(=O)C(C(C)O)[C@@H]3C2C)CN1. The Hall–Kier alpha value is -1.58. The number of carboxylic acid groups (broad SMARTS) is 1. The molecule has 0 spiro atoms. The lowest BCUT2D eigenvalue weighted by Crippen LogP contribution is -2.63. The monoisotopic (exact) mass is 370 g/mol. The molecule has 2 saturated heterocycles. The van der Waals surface area contributed by atoms with E-state index in [9.17, 15) is 24.6 Å². The van der Waals surface area contributed by atoms with Crippen LogP contribution in [-0.2, 0) is 19.1 Å². The summed E-state index contributed by atoms with van der Waals surface area (Å²) >= 11 is 1.41. The molecule has 6 atom stereocenters. The van der Waals surface area contributed by atoms with Crippen LogP contribution in [0.15, 0.2) is 10.6 Å². The Kier molecular flexibility index (Phi) is 4.82. The normalized spacial score (nSPS) is 35.4. The molecule has 1 amide bonds. The van der Waals surface area contributed by atoms with Crippen LogP contribution >= 0.6 is 11.8 Å². The topological polar surface area (TPSA) is 116 Å². The van der Waals surface area contributed by atoms with Crippen LogP contribution in [0.3, 0.4) is 0 Å². The number of aliphatic hydroxyl groups excluding tert-OH is 1. The number of hydrogen-bond donors (Lipinski definition) is 3. The molecule has 2 fully saturated rings. The molecular formula is C16H22N2O6S. The fourth-order valence-corrected chi connectivity index (χ4v) is 5.45. The van der Waals surface area contributed by atoms with Crippen molar-refractivity contribution in [2.75, 3.05) is 13.7 Å². The summed E-state index contributed by atoms with van der Waals surface area (Å²) in [4.78, 5) is 37.6. The van der Waals surface area contributed by atoms with Crippen LogP contribution in [0.1, 0.15) is 20.3 Å². The number of esters is 1. The summed E-state index contributed by atoms with van der Waals surface area (Å²) in [5, 5.41) is 22.5. The van der Waals surface area contributed by atoms with Gasteiger partial charge in [-0.2, -0.15) is 0 Å². The average molecular weight is 370 g/mol. The number of thioether (sulfide) groups is 1. The summed E-state index contributed by atoms with van der Waals surface area (Å²) in [6, 6.07) is -0.705. The molecule has 0 saturated carbocycles. The van der Waals surface area contributed by atoms with E-state index in [1.807, 2.05) is 6.92 Å². The second-order valence-electron chi connectivity index (χ2n) is 6.73. The summed E-state index contributed by atoms with van der Waals surface area (Å²) in [6.07, 6.45) is -0.272. The summed E-state index contributed by atoms with van der Waals surface area (Å²) in [5.74, 6) is -2.53. The van der Waals surface area contributed by atoms with E-state index in [0.717, 1.165) is 0 Å². The minimum atomic E-state index is -1.13. The van der Waals surface area contributed by atoms with E-state index >= 15 is 0 Å². The van der Waals surface area contributed by atoms with Gasteiger partial charge in [-0.1, -0.05) is 6.92 Å². The molecule has 8 nitrogen and oxygen atoms in total. The zero-order chi connectivity index (χ0) is 18.5. The first kappa shape index (κ1) is 18.2. The molecule has 5 unspecified atom stereocenters. The van der Waals surface area contributed by atoms with Crippen LogP contribution in [0.25, 0.3) is 0 Å². The van der Waals surface area contributed by atoms with E-state index in [2.05, 4.69) is 5.32 Å². The van der Waals surface area contributed by atoms with E-state index in [4.69, 9.17) is 4.74 Å². The van der Waals surface area contributed by atoms with Crippen molar-refractivity contribution in [3.8, 4) is 0 Å². The zero-order valence-electron chi connectivity index (χ0n) is 14.3. The van der Waals surface area contributed by atoms with Crippen molar-refractivity contribution in [2.24, 2.45) is 11.8 Å². The highest BCUT2D eigenvalue weighted by atomic mass is 32.2. The second kappa shape index (κ2) is 6.62. The highest BCUT2D eigenvalue weighted by Crippen LogP contribution is 2.51. The molecule has 3 aliphatic rings. The Labute approximate surface area is 149 Å². The number of methoxy groups -OCH3 is 1. The van der Waals surface area contributed by atoms with Crippen LogP contribution in [0, 0.1) is 11.8 Å². The van der Waals surface area contributed by atoms with E-state index in [0.29, 0.717) is 17.9 Å². The predicted molar refractivity (Wildman–Crippen MR) is 89.4 cm³/mol. The van der Waals surface area contributed by atoms with E-state index in [-0.39, 0.29) is 34.8 Å². The maximum absolute atomic E-state index is 12.3. The number of ether oxygens (including phenoxy) is 1. The highest BCUT2D eigenvalue weighted by Gasteiger charge is 2.60. The molecule has 0 radical (unpaired) electrons. The maximum atomic E-state index is 12.3. The molecule has 0 aromatic rings.